The van der Waals surface area contributed by atoms with Crippen LogP contribution in [0.15, 0.2) is 41.3 Å². The summed E-state index contributed by atoms with van der Waals surface area (Å²) in [7, 11) is -2.07. The number of sulfonamides is 1. The van der Waals surface area contributed by atoms with Crippen LogP contribution < -0.4 is 0 Å². The Kier molecular flexibility index (Phi) is 6.62. The van der Waals surface area contributed by atoms with Crippen molar-refractivity contribution in [1.82, 2.24) is 14.1 Å². The van der Waals surface area contributed by atoms with Crippen LogP contribution in [0.5, 0.6) is 0 Å². The Morgan fingerprint density at radius 2 is 1.83 bits per heavy atom. The lowest BCUT2D eigenvalue weighted by Gasteiger charge is -2.33. The van der Waals surface area contributed by atoms with Crippen LogP contribution in [0.2, 0.25) is 4.34 Å². The molecule has 0 aliphatic carbocycles. The molecule has 1 aromatic carbocycles. The van der Waals surface area contributed by atoms with Crippen molar-refractivity contribution >= 4 is 44.8 Å². The predicted octanol–water partition coefficient (Wildman–Crippen LogP) is 2.53. The SMILES string of the molecule is CC(=O)N1CCN(S(=O)(=O)c2cccc(C(=O)N(C)Cc3ccc(Cl)s3)c2)CC1. The Morgan fingerprint density at radius 1 is 1.14 bits per heavy atom. The number of benzene rings is 1. The molecule has 2 heterocycles. The van der Waals surface area contributed by atoms with E-state index in [9.17, 15) is 18.0 Å². The quantitative estimate of drug-likeness (QED) is 0.694. The third-order valence-corrected chi connectivity index (χ3v) is 7.88. The van der Waals surface area contributed by atoms with E-state index in [2.05, 4.69) is 0 Å². The summed E-state index contributed by atoms with van der Waals surface area (Å²) in [5, 5.41) is 0. The predicted molar refractivity (Wildman–Crippen MR) is 113 cm³/mol. The van der Waals surface area contributed by atoms with Crippen molar-refractivity contribution in [3.63, 3.8) is 0 Å². The average molecular weight is 456 g/mol. The van der Waals surface area contributed by atoms with E-state index in [0.29, 0.717) is 29.5 Å². The van der Waals surface area contributed by atoms with Gasteiger partial charge < -0.3 is 9.80 Å². The molecule has 2 aromatic rings. The van der Waals surface area contributed by atoms with E-state index < -0.39 is 10.0 Å². The molecule has 10 heteroatoms. The monoisotopic (exact) mass is 455 g/mol. The lowest BCUT2D eigenvalue weighted by molar-refractivity contribution is -0.129. The topological polar surface area (TPSA) is 78.0 Å². The van der Waals surface area contributed by atoms with E-state index in [1.54, 1.807) is 30.1 Å². The molecule has 0 radical (unpaired) electrons. The number of carbonyl (C=O) groups excluding carboxylic acids is 2. The molecule has 0 unspecified atom stereocenters. The van der Waals surface area contributed by atoms with Gasteiger partial charge >= 0.3 is 0 Å². The summed E-state index contributed by atoms with van der Waals surface area (Å²) >= 11 is 7.33. The first-order chi connectivity index (χ1) is 13.7. The van der Waals surface area contributed by atoms with E-state index >= 15 is 0 Å². The van der Waals surface area contributed by atoms with Crippen molar-refractivity contribution in [2.24, 2.45) is 0 Å². The molecule has 7 nitrogen and oxygen atoms in total. The van der Waals surface area contributed by atoms with E-state index in [4.69, 9.17) is 11.6 Å². The van der Waals surface area contributed by atoms with Gasteiger partial charge in [0.05, 0.1) is 15.8 Å². The van der Waals surface area contributed by atoms with Crippen LogP contribution in [0.3, 0.4) is 0 Å². The van der Waals surface area contributed by atoms with Crippen molar-refractivity contribution in [2.75, 3.05) is 33.2 Å². The van der Waals surface area contributed by atoms with Crippen LogP contribution in [0, 0.1) is 0 Å². The molecule has 1 aliphatic heterocycles. The highest BCUT2D eigenvalue weighted by Crippen LogP contribution is 2.24. The van der Waals surface area contributed by atoms with Gasteiger partial charge in [0.2, 0.25) is 15.9 Å². The highest BCUT2D eigenvalue weighted by Gasteiger charge is 2.29. The molecular weight excluding hydrogens is 434 g/mol. The summed E-state index contributed by atoms with van der Waals surface area (Å²) < 4.78 is 28.0. The molecule has 1 fully saturated rings. The minimum Gasteiger partial charge on any atom is -0.340 e. The van der Waals surface area contributed by atoms with E-state index in [-0.39, 0.29) is 29.8 Å². The Morgan fingerprint density at radius 3 is 2.41 bits per heavy atom. The zero-order valence-corrected chi connectivity index (χ0v) is 18.6. The maximum absolute atomic E-state index is 13.0. The molecule has 1 aliphatic rings. The summed E-state index contributed by atoms with van der Waals surface area (Å²) in [6.45, 7) is 3.05. The number of nitrogens with zero attached hydrogens (tertiary/aromatic N) is 3. The zero-order chi connectivity index (χ0) is 21.2. The Hall–Kier alpha value is -1.94. The van der Waals surface area contributed by atoms with Crippen molar-refractivity contribution in [1.29, 1.82) is 0 Å². The average Bonchev–Trinajstić information content (AvgIpc) is 3.12. The Labute approximate surface area is 179 Å². The van der Waals surface area contributed by atoms with Gasteiger partial charge in [-0.2, -0.15) is 4.31 Å². The van der Waals surface area contributed by atoms with Gasteiger partial charge in [0.15, 0.2) is 0 Å². The molecule has 156 valence electrons. The number of piperazine rings is 1. The second-order valence-electron chi connectivity index (χ2n) is 6.81. The smallest absolute Gasteiger partial charge is 0.253 e. The molecule has 3 rings (SSSR count). The van der Waals surface area contributed by atoms with Gasteiger partial charge in [-0.05, 0) is 30.3 Å². The molecule has 0 N–H and O–H groups in total. The maximum atomic E-state index is 13.0. The second-order valence-corrected chi connectivity index (χ2v) is 10.5. The maximum Gasteiger partial charge on any atom is 0.253 e. The van der Waals surface area contributed by atoms with Gasteiger partial charge in [0.1, 0.15) is 0 Å². The standard InChI is InChI=1S/C19H22ClN3O4S2/c1-14(24)22-8-10-23(11-9-22)29(26,27)17-5-3-4-15(12-17)19(25)21(2)13-16-6-7-18(20)28-16/h3-7,12H,8-11,13H2,1-2H3. The summed E-state index contributed by atoms with van der Waals surface area (Å²) in [6, 6.07) is 9.71. The number of hydrogen-bond donors (Lipinski definition) is 0. The summed E-state index contributed by atoms with van der Waals surface area (Å²) in [6.07, 6.45) is 0. The molecule has 0 atom stereocenters. The van der Waals surface area contributed by atoms with Crippen molar-refractivity contribution in [3.05, 3.63) is 51.2 Å². The lowest BCUT2D eigenvalue weighted by Crippen LogP contribution is -2.49. The molecule has 29 heavy (non-hydrogen) atoms. The fraction of sp³-hybridized carbons (Fsp3) is 0.368. The fourth-order valence-corrected chi connectivity index (χ4v) is 5.75. The van der Waals surface area contributed by atoms with E-state index in [0.717, 1.165) is 4.88 Å². The van der Waals surface area contributed by atoms with E-state index in [1.165, 1.54) is 39.6 Å². The van der Waals surface area contributed by atoms with Crippen LogP contribution in [0.1, 0.15) is 22.2 Å². The van der Waals surface area contributed by atoms with E-state index in [1.807, 2.05) is 6.07 Å². The van der Waals surface area contributed by atoms with Crippen LogP contribution in [0.25, 0.3) is 0 Å². The van der Waals surface area contributed by atoms with Crippen LogP contribution in [-0.2, 0) is 21.4 Å². The number of thiophene rings is 1. The Bertz CT molecular complexity index is 1010. The lowest BCUT2D eigenvalue weighted by atomic mass is 10.2. The van der Waals surface area contributed by atoms with Gasteiger partial charge in [0.25, 0.3) is 5.91 Å². The number of hydrogen-bond acceptors (Lipinski definition) is 5. The number of halogens is 1. The van der Waals surface area contributed by atoms with Crippen molar-refractivity contribution in [3.8, 4) is 0 Å². The molecule has 2 amide bonds. The Balaban J connectivity index is 1.74. The minimum absolute atomic E-state index is 0.0651. The third-order valence-electron chi connectivity index (χ3n) is 4.77. The van der Waals surface area contributed by atoms with Crippen molar-refractivity contribution in [2.45, 2.75) is 18.4 Å². The van der Waals surface area contributed by atoms with Crippen LogP contribution in [0.4, 0.5) is 0 Å². The zero-order valence-electron chi connectivity index (χ0n) is 16.2. The first-order valence-electron chi connectivity index (χ1n) is 9.04. The van der Waals surface area contributed by atoms with Gasteiger partial charge in [-0.1, -0.05) is 17.7 Å². The van der Waals surface area contributed by atoms with Crippen LogP contribution >= 0.6 is 22.9 Å². The molecule has 1 saturated heterocycles. The molecule has 0 bridgehead atoms. The second kappa shape index (κ2) is 8.83. The third kappa shape index (κ3) is 4.98. The number of amides is 2. The fourth-order valence-electron chi connectivity index (χ4n) is 3.14. The van der Waals surface area contributed by atoms with Gasteiger partial charge in [0, 0.05) is 50.6 Å². The molecule has 1 aromatic heterocycles. The molecule has 0 spiro atoms. The van der Waals surface area contributed by atoms with Gasteiger partial charge in [-0.15, -0.1) is 11.3 Å². The highest BCUT2D eigenvalue weighted by molar-refractivity contribution is 7.89. The normalized spacial score (nSPS) is 15.3. The molecular formula is C19H22ClN3O4S2. The number of rotatable bonds is 5. The number of carbonyl (C=O) groups is 2. The molecule has 0 saturated carbocycles. The highest BCUT2D eigenvalue weighted by atomic mass is 35.5. The first-order valence-corrected chi connectivity index (χ1v) is 11.7. The van der Waals surface area contributed by atoms with Gasteiger partial charge in [-0.3, -0.25) is 9.59 Å². The van der Waals surface area contributed by atoms with Gasteiger partial charge in [-0.25, -0.2) is 8.42 Å². The first kappa shape index (κ1) is 21.8. The van der Waals surface area contributed by atoms with Crippen LogP contribution in [-0.4, -0.2) is 67.6 Å². The minimum atomic E-state index is -3.74. The summed E-state index contributed by atoms with van der Waals surface area (Å²) in [5.74, 6) is -0.335. The van der Waals surface area contributed by atoms with Crippen molar-refractivity contribution < 1.29 is 18.0 Å². The largest absolute Gasteiger partial charge is 0.340 e. The summed E-state index contributed by atoms with van der Waals surface area (Å²) in [4.78, 5) is 28.4. The summed E-state index contributed by atoms with van der Waals surface area (Å²) in [5.41, 5.74) is 0.304.